The molecule has 0 saturated heterocycles. The molecule has 0 heterocycles. The molecule has 2 unspecified atom stereocenters. The van der Waals surface area contributed by atoms with Crippen molar-refractivity contribution >= 4 is 11.9 Å². The largest absolute Gasteiger partial charge is 0.356 e. The number of rotatable bonds is 6. The van der Waals surface area contributed by atoms with Gasteiger partial charge in [0.05, 0.1) is 0 Å². The van der Waals surface area contributed by atoms with Crippen molar-refractivity contribution in [1.29, 1.82) is 0 Å². The third kappa shape index (κ3) is 3.25. The number of halogens is 2. The topological polar surface area (TPSA) is 35.5 Å². The van der Waals surface area contributed by atoms with Gasteiger partial charge in [-0.05, 0) is 18.6 Å². The van der Waals surface area contributed by atoms with Gasteiger partial charge in [-0.1, -0.05) is 36.4 Å². The van der Waals surface area contributed by atoms with Gasteiger partial charge in [0.1, 0.15) is 12.6 Å². The molecule has 1 aromatic rings. The lowest BCUT2D eigenvalue weighted by Gasteiger charge is -2.29. The summed E-state index contributed by atoms with van der Waals surface area (Å²) in [5.74, 6) is -0.821. The zero-order valence-electron chi connectivity index (χ0n) is 11.6. The third-order valence-electron chi connectivity index (χ3n) is 3.18. The number of aldehydes is 1. The van der Waals surface area contributed by atoms with Gasteiger partial charge in [-0.25, -0.2) is 8.78 Å². The molecule has 112 valence electrons. The Morgan fingerprint density at radius 1 is 1.33 bits per heavy atom. The fourth-order valence-corrected chi connectivity index (χ4v) is 2.07. The van der Waals surface area contributed by atoms with Crippen molar-refractivity contribution in [2.24, 2.45) is 0 Å². The van der Waals surface area contributed by atoms with Crippen LogP contribution in [-0.2, 0) is 14.3 Å². The van der Waals surface area contributed by atoms with Gasteiger partial charge in [-0.15, -0.1) is 0 Å². The van der Waals surface area contributed by atoms with E-state index in [1.165, 1.54) is 6.08 Å². The zero-order valence-corrected chi connectivity index (χ0v) is 11.6. The molecule has 0 N–H and O–H groups in total. The van der Waals surface area contributed by atoms with Gasteiger partial charge in [-0.3, -0.25) is 4.79 Å². The fraction of sp³-hybridized carbons (Fsp3) is 0.312. The van der Waals surface area contributed by atoms with E-state index in [2.05, 4.69) is 0 Å². The minimum absolute atomic E-state index is 0.0431. The van der Waals surface area contributed by atoms with Crippen LogP contribution in [0.2, 0.25) is 0 Å². The highest BCUT2D eigenvalue weighted by Crippen LogP contribution is 2.36. The molecule has 0 fully saturated rings. The van der Waals surface area contributed by atoms with E-state index >= 15 is 0 Å². The van der Waals surface area contributed by atoms with Gasteiger partial charge >= 0.3 is 0 Å². The summed E-state index contributed by atoms with van der Waals surface area (Å²) in [6.45, 7) is 1.79. The molecule has 0 amide bonds. The van der Waals surface area contributed by atoms with Crippen LogP contribution in [0.5, 0.6) is 0 Å². The Balaban J connectivity index is 2.34. The van der Waals surface area contributed by atoms with Crippen LogP contribution in [0.4, 0.5) is 8.78 Å². The maximum atomic E-state index is 14.6. The highest BCUT2D eigenvalue weighted by Gasteiger charge is 2.44. The van der Waals surface area contributed by atoms with Crippen LogP contribution in [0.3, 0.4) is 0 Å². The molecule has 5 heteroatoms. The summed E-state index contributed by atoms with van der Waals surface area (Å²) in [6, 6.07) is 8.69. The first kappa shape index (κ1) is 15.5. The Kier molecular flexibility index (Phi) is 4.98. The van der Waals surface area contributed by atoms with Crippen LogP contribution in [0.25, 0.3) is 5.57 Å². The SMILES string of the molecule is CCOCOC1C(F)=C(c2ccccc2)C=CC1(F)C=O. The van der Waals surface area contributed by atoms with Crippen molar-refractivity contribution < 1.29 is 23.0 Å². The van der Waals surface area contributed by atoms with Gasteiger partial charge in [0, 0.05) is 12.2 Å². The molecule has 0 saturated carbocycles. The first-order valence-corrected chi connectivity index (χ1v) is 6.61. The van der Waals surface area contributed by atoms with Crippen molar-refractivity contribution in [3.05, 3.63) is 53.9 Å². The molecule has 3 nitrogen and oxygen atoms in total. The summed E-state index contributed by atoms with van der Waals surface area (Å²) in [7, 11) is 0. The van der Waals surface area contributed by atoms with Crippen molar-refractivity contribution in [3.63, 3.8) is 0 Å². The average Bonchev–Trinajstić information content (AvgIpc) is 2.51. The summed E-state index contributed by atoms with van der Waals surface area (Å²) in [6.07, 6.45) is 0.685. The predicted octanol–water partition coefficient (Wildman–Crippen LogP) is 3.22. The Morgan fingerprint density at radius 3 is 2.67 bits per heavy atom. The van der Waals surface area contributed by atoms with E-state index in [1.54, 1.807) is 37.3 Å². The molecule has 1 aliphatic rings. The molecule has 0 spiro atoms. The predicted molar refractivity (Wildman–Crippen MR) is 74.9 cm³/mol. The molecular weight excluding hydrogens is 278 g/mol. The number of hydrogen-bond acceptors (Lipinski definition) is 3. The van der Waals surface area contributed by atoms with Gasteiger partial charge in [-0.2, -0.15) is 0 Å². The van der Waals surface area contributed by atoms with Gasteiger partial charge in [0.15, 0.2) is 12.4 Å². The molecule has 1 aromatic carbocycles. The number of benzene rings is 1. The van der Waals surface area contributed by atoms with Crippen LogP contribution in [0.1, 0.15) is 12.5 Å². The van der Waals surface area contributed by atoms with Crippen molar-refractivity contribution in [3.8, 4) is 0 Å². The average molecular weight is 294 g/mol. The van der Waals surface area contributed by atoms with Crippen LogP contribution < -0.4 is 0 Å². The highest BCUT2D eigenvalue weighted by atomic mass is 19.2. The maximum Gasteiger partial charge on any atom is 0.216 e. The molecule has 0 aromatic heterocycles. The highest BCUT2D eigenvalue weighted by molar-refractivity contribution is 5.82. The summed E-state index contributed by atoms with van der Waals surface area (Å²) >= 11 is 0. The van der Waals surface area contributed by atoms with E-state index in [-0.39, 0.29) is 18.7 Å². The normalized spacial score (nSPS) is 25.2. The van der Waals surface area contributed by atoms with Crippen LogP contribution >= 0.6 is 0 Å². The number of alkyl halides is 1. The van der Waals surface area contributed by atoms with Crippen molar-refractivity contribution in [2.75, 3.05) is 13.4 Å². The monoisotopic (exact) mass is 294 g/mol. The summed E-state index contributed by atoms with van der Waals surface area (Å²) in [5.41, 5.74) is -1.74. The van der Waals surface area contributed by atoms with E-state index < -0.39 is 17.6 Å². The third-order valence-corrected chi connectivity index (χ3v) is 3.18. The van der Waals surface area contributed by atoms with E-state index in [0.717, 1.165) is 6.08 Å². The molecule has 2 rings (SSSR count). The number of carbonyl (C=O) groups is 1. The molecule has 0 bridgehead atoms. The van der Waals surface area contributed by atoms with E-state index in [9.17, 15) is 13.6 Å². The Morgan fingerprint density at radius 2 is 2.05 bits per heavy atom. The van der Waals surface area contributed by atoms with Crippen LogP contribution in [0, 0.1) is 0 Å². The molecule has 2 atom stereocenters. The maximum absolute atomic E-state index is 14.6. The zero-order chi connectivity index (χ0) is 15.3. The van der Waals surface area contributed by atoms with E-state index in [0.29, 0.717) is 12.2 Å². The Labute approximate surface area is 121 Å². The van der Waals surface area contributed by atoms with E-state index in [1.807, 2.05) is 0 Å². The smallest absolute Gasteiger partial charge is 0.216 e. The van der Waals surface area contributed by atoms with Gasteiger partial charge < -0.3 is 9.47 Å². The number of hydrogen-bond donors (Lipinski definition) is 0. The lowest BCUT2D eigenvalue weighted by Crippen LogP contribution is -2.42. The van der Waals surface area contributed by atoms with Crippen LogP contribution in [-0.4, -0.2) is 31.5 Å². The second-order valence-corrected chi connectivity index (χ2v) is 4.56. The minimum Gasteiger partial charge on any atom is -0.356 e. The van der Waals surface area contributed by atoms with Crippen molar-refractivity contribution in [2.45, 2.75) is 18.7 Å². The number of ether oxygens (including phenoxy) is 2. The molecule has 0 radical (unpaired) electrons. The summed E-state index contributed by atoms with van der Waals surface area (Å²) < 4.78 is 39.0. The summed E-state index contributed by atoms with van der Waals surface area (Å²) in [4.78, 5) is 11.0. The standard InChI is InChI=1S/C16H16F2O3/c1-2-20-11-21-15-14(17)13(8-9-16(15,18)10-19)12-6-4-3-5-7-12/h3-10,15H,2,11H2,1H3. The lowest BCUT2D eigenvalue weighted by molar-refractivity contribution is -0.137. The molecule has 1 aliphatic carbocycles. The fourth-order valence-electron chi connectivity index (χ4n) is 2.07. The first-order chi connectivity index (χ1) is 10.1. The molecule has 0 aliphatic heterocycles. The van der Waals surface area contributed by atoms with E-state index in [4.69, 9.17) is 9.47 Å². The lowest BCUT2D eigenvalue weighted by atomic mass is 9.88. The Bertz CT molecular complexity index is 554. The molecule has 21 heavy (non-hydrogen) atoms. The Hall–Kier alpha value is -1.85. The van der Waals surface area contributed by atoms with Gasteiger partial charge in [0.25, 0.3) is 0 Å². The summed E-state index contributed by atoms with van der Waals surface area (Å²) in [5, 5.41) is 0. The van der Waals surface area contributed by atoms with Crippen LogP contribution in [0.15, 0.2) is 48.3 Å². The number of allylic oxidation sites excluding steroid dienone is 2. The van der Waals surface area contributed by atoms with Gasteiger partial charge in [0.2, 0.25) is 5.67 Å². The second-order valence-electron chi connectivity index (χ2n) is 4.56. The quantitative estimate of drug-likeness (QED) is 0.459. The second kappa shape index (κ2) is 6.74. The number of carbonyl (C=O) groups excluding carboxylic acids is 1. The first-order valence-electron chi connectivity index (χ1n) is 6.61. The van der Waals surface area contributed by atoms with Crippen molar-refractivity contribution in [1.82, 2.24) is 0 Å². The minimum atomic E-state index is -2.53. The molecular formula is C16H16F2O3.